The number of fused-ring (bicyclic) bond motifs is 2. The van der Waals surface area contributed by atoms with E-state index in [1.807, 2.05) is 73.4 Å². The molecule has 6 rings (SSSR count). The molecule has 0 unspecified atom stereocenters. The molecule has 0 bridgehead atoms. The predicted molar refractivity (Wildman–Crippen MR) is 150 cm³/mol. The smallest absolute Gasteiger partial charge is 0.280 e. The molecule has 0 atom stereocenters. The van der Waals surface area contributed by atoms with Crippen molar-refractivity contribution in [2.45, 2.75) is 13.3 Å². The number of hydrogen-bond donors (Lipinski definition) is 2. The molecule has 0 spiro atoms. The summed E-state index contributed by atoms with van der Waals surface area (Å²) >= 11 is 0. The number of primary amides is 1. The van der Waals surface area contributed by atoms with Crippen LogP contribution in [0.25, 0.3) is 16.7 Å². The summed E-state index contributed by atoms with van der Waals surface area (Å²) in [5.74, 6) is 5.81. The van der Waals surface area contributed by atoms with Gasteiger partial charge in [-0.1, -0.05) is 43.0 Å². The number of pyridine rings is 1. The summed E-state index contributed by atoms with van der Waals surface area (Å²) in [6.45, 7) is 2.05. The summed E-state index contributed by atoms with van der Waals surface area (Å²) in [5.41, 5.74) is 15.5. The van der Waals surface area contributed by atoms with Crippen LogP contribution in [0, 0.1) is 11.8 Å². The second kappa shape index (κ2) is 10.4. The lowest BCUT2D eigenvalue weighted by molar-refractivity contribution is 0.100. The first-order chi connectivity index (χ1) is 18.9. The van der Waals surface area contributed by atoms with Crippen molar-refractivity contribution in [2.24, 2.45) is 12.8 Å². The molecule has 0 saturated carbocycles. The van der Waals surface area contributed by atoms with Gasteiger partial charge in [-0.25, -0.2) is 4.52 Å². The number of nitrogens with two attached hydrogens (primary N) is 2. The zero-order valence-corrected chi connectivity index (χ0v) is 21.4. The Balaban J connectivity index is 0.000000198. The molecule has 5 heterocycles. The summed E-state index contributed by atoms with van der Waals surface area (Å²) in [7, 11) is 1.85. The van der Waals surface area contributed by atoms with Gasteiger partial charge in [-0.15, -0.1) is 5.10 Å². The van der Waals surface area contributed by atoms with Crippen LogP contribution >= 0.6 is 0 Å². The van der Waals surface area contributed by atoms with Crippen LogP contribution in [0.5, 0.6) is 0 Å². The van der Waals surface area contributed by atoms with E-state index >= 15 is 0 Å². The first kappa shape index (κ1) is 25.1. The number of aromatic nitrogens is 6. The van der Waals surface area contributed by atoms with E-state index in [-0.39, 0.29) is 16.9 Å². The first-order valence-corrected chi connectivity index (χ1v) is 12.2. The lowest BCUT2D eigenvalue weighted by atomic mass is 10.2. The average Bonchev–Trinajstić information content (AvgIpc) is 3.63. The molecule has 0 aliphatic rings. The Morgan fingerprint density at radius 2 is 1.77 bits per heavy atom. The Kier molecular flexibility index (Phi) is 6.72. The van der Waals surface area contributed by atoms with Crippen molar-refractivity contribution in [1.82, 2.24) is 28.4 Å². The number of hydrogen-bond acceptors (Lipinski definition) is 5. The molecule has 1 amide bonds. The van der Waals surface area contributed by atoms with Crippen LogP contribution in [0.3, 0.4) is 0 Å². The standard InChI is InChI=1S/C21H18N4O.C8H8N4O/c1-3-18-15-24-12-11-17(10-9-16-13-22-23(2)14-16)20(24)21(26)25(18)19-7-5-4-6-8-19;9-7-6(8(10)13)5-3-1-2-4-12(5)11-7/h4-8,11-15H,3H2,1-2H3;1-4H,(H2,9,11)(H2,10,13). The number of nitrogens with zero attached hydrogens (tertiary/aromatic N) is 6. The molecule has 0 fully saturated rings. The molecule has 1 aromatic carbocycles. The second-order valence-corrected chi connectivity index (χ2v) is 8.74. The minimum atomic E-state index is -0.557. The minimum Gasteiger partial charge on any atom is -0.382 e. The van der Waals surface area contributed by atoms with Gasteiger partial charge in [0.25, 0.3) is 11.5 Å². The highest BCUT2D eigenvalue weighted by atomic mass is 16.1. The Morgan fingerprint density at radius 1 is 1.00 bits per heavy atom. The van der Waals surface area contributed by atoms with Gasteiger partial charge in [-0.05, 0) is 36.8 Å². The topological polar surface area (TPSA) is 131 Å². The molecule has 194 valence electrons. The summed E-state index contributed by atoms with van der Waals surface area (Å²) in [4.78, 5) is 24.2. The fourth-order valence-corrected chi connectivity index (χ4v) is 4.34. The molecule has 4 N–H and O–H groups in total. The average molecular weight is 519 g/mol. The number of carbonyl (C=O) groups is 1. The van der Waals surface area contributed by atoms with Crippen LogP contribution in [-0.4, -0.2) is 34.3 Å². The molecule has 0 aliphatic carbocycles. The monoisotopic (exact) mass is 518 g/mol. The van der Waals surface area contributed by atoms with E-state index in [1.165, 1.54) is 4.52 Å². The molecule has 0 aliphatic heterocycles. The Labute approximate surface area is 223 Å². The van der Waals surface area contributed by atoms with Crippen molar-refractivity contribution in [3.63, 3.8) is 0 Å². The van der Waals surface area contributed by atoms with Crippen molar-refractivity contribution in [2.75, 3.05) is 5.73 Å². The summed E-state index contributed by atoms with van der Waals surface area (Å²) in [5, 5.41) is 8.04. The fraction of sp³-hybridized carbons (Fsp3) is 0.103. The van der Waals surface area contributed by atoms with E-state index in [1.54, 1.807) is 39.8 Å². The number of anilines is 1. The van der Waals surface area contributed by atoms with Gasteiger partial charge >= 0.3 is 0 Å². The maximum Gasteiger partial charge on any atom is 0.280 e. The van der Waals surface area contributed by atoms with Gasteiger partial charge in [0.15, 0.2) is 5.82 Å². The van der Waals surface area contributed by atoms with Crippen LogP contribution in [0.1, 0.15) is 34.1 Å². The third kappa shape index (κ3) is 4.89. The highest BCUT2D eigenvalue weighted by molar-refractivity contribution is 6.04. The van der Waals surface area contributed by atoms with E-state index in [4.69, 9.17) is 11.5 Å². The highest BCUT2D eigenvalue weighted by Crippen LogP contribution is 2.16. The van der Waals surface area contributed by atoms with E-state index < -0.39 is 5.91 Å². The van der Waals surface area contributed by atoms with Crippen molar-refractivity contribution in [1.29, 1.82) is 0 Å². The zero-order valence-electron chi connectivity index (χ0n) is 21.4. The summed E-state index contributed by atoms with van der Waals surface area (Å²) in [6.07, 6.45) is 9.91. The number of amides is 1. The van der Waals surface area contributed by atoms with Crippen LogP contribution in [-0.2, 0) is 13.5 Å². The second-order valence-electron chi connectivity index (χ2n) is 8.74. The molecule has 10 nitrogen and oxygen atoms in total. The van der Waals surface area contributed by atoms with Gasteiger partial charge in [0.1, 0.15) is 11.1 Å². The van der Waals surface area contributed by atoms with Crippen molar-refractivity contribution in [3.05, 3.63) is 118 Å². The number of para-hydroxylation sites is 1. The molecular formula is C29H26N8O2. The van der Waals surface area contributed by atoms with E-state index in [0.29, 0.717) is 16.6 Å². The highest BCUT2D eigenvalue weighted by Gasteiger charge is 2.14. The van der Waals surface area contributed by atoms with E-state index in [2.05, 4.69) is 22.0 Å². The van der Waals surface area contributed by atoms with Gasteiger partial charge in [0.05, 0.1) is 22.8 Å². The SMILES string of the molecule is CCc1cn2ccc(C#Cc3cnn(C)c3)c2c(=O)n1-c1ccccc1.NC(=O)c1c(N)nn2ccccc12. The number of aryl methyl sites for hydroxylation is 2. The number of carbonyl (C=O) groups excluding carboxylic acids is 1. The van der Waals surface area contributed by atoms with E-state index in [9.17, 15) is 9.59 Å². The first-order valence-electron chi connectivity index (χ1n) is 12.2. The van der Waals surface area contributed by atoms with Gasteiger partial charge in [0, 0.05) is 43.2 Å². The molecular weight excluding hydrogens is 492 g/mol. The molecule has 0 radical (unpaired) electrons. The summed E-state index contributed by atoms with van der Waals surface area (Å²) < 4.78 is 6.87. The van der Waals surface area contributed by atoms with Gasteiger partial charge in [-0.3, -0.25) is 18.8 Å². The van der Waals surface area contributed by atoms with Crippen molar-refractivity contribution in [3.8, 4) is 17.5 Å². The fourth-order valence-electron chi connectivity index (χ4n) is 4.34. The molecule has 10 heteroatoms. The van der Waals surface area contributed by atoms with Crippen molar-refractivity contribution >= 4 is 22.8 Å². The molecule has 6 aromatic rings. The maximum atomic E-state index is 13.3. The van der Waals surface area contributed by atoms with Gasteiger partial charge in [0.2, 0.25) is 0 Å². The molecule has 5 aromatic heterocycles. The Hall–Kier alpha value is -5.56. The van der Waals surface area contributed by atoms with E-state index in [0.717, 1.165) is 23.4 Å². The lowest BCUT2D eigenvalue weighted by Crippen LogP contribution is -2.24. The largest absolute Gasteiger partial charge is 0.382 e. The van der Waals surface area contributed by atoms with Crippen LogP contribution < -0.4 is 17.0 Å². The summed E-state index contributed by atoms with van der Waals surface area (Å²) in [6, 6.07) is 16.9. The normalized spacial score (nSPS) is 10.6. The Bertz CT molecular complexity index is 1930. The Morgan fingerprint density at radius 3 is 2.46 bits per heavy atom. The third-order valence-electron chi connectivity index (χ3n) is 6.13. The molecule has 39 heavy (non-hydrogen) atoms. The predicted octanol–water partition coefficient (Wildman–Crippen LogP) is 2.80. The number of nitrogen functional groups attached to an aromatic ring is 1. The number of rotatable bonds is 3. The maximum absolute atomic E-state index is 13.3. The third-order valence-corrected chi connectivity index (χ3v) is 6.13. The van der Waals surface area contributed by atoms with Crippen LogP contribution in [0.2, 0.25) is 0 Å². The van der Waals surface area contributed by atoms with Gasteiger partial charge < -0.3 is 15.9 Å². The van der Waals surface area contributed by atoms with Crippen molar-refractivity contribution < 1.29 is 4.79 Å². The van der Waals surface area contributed by atoms with Gasteiger partial charge in [-0.2, -0.15) is 5.10 Å². The molecule has 0 saturated heterocycles. The minimum absolute atomic E-state index is 0.0592. The lowest BCUT2D eigenvalue weighted by Gasteiger charge is -2.13. The zero-order chi connectivity index (χ0) is 27.5. The number of benzene rings is 1. The van der Waals surface area contributed by atoms with Crippen LogP contribution in [0.15, 0.2) is 90.4 Å². The quantitative estimate of drug-likeness (QED) is 0.348. The van der Waals surface area contributed by atoms with Crippen LogP contribution in [0.4, 0.5) is 5.82 Å².